The van der Waals surface area contributed by atoms with Crippen LogP contribution in [-0.4, -0.2) is 27.8 Å². The molecule has 0 spiro atoms. The second-order valence-electron chi connectivity index (χ2n) is 5.39. The van der Waals surface area contributed by atoms with E-state index in [2.05, 4.69) is 15.6 Å². The molecule has 1 amide bonds. The van der Waals surface area contributed by atoms with Gasteiger partial charge in [-0.05, 0) is 23.3 Å². The van der Waals surface area contributed by atoms with Crippen LogP contribution in [0.25, 0.3) is 11.3 Å². The van der Waals surface area contributed by atoms with Crippen molar-refractivity contribution in [2.75, 3.05) is 11.9 Å². The van der Waals surface area contributed by atoms with Crippen LogP contribution >= 0.6 is 0 Å². The Morgan fingerprint density at radius 2 is 1.92 bits per heavy atom. The predicted molar refractivity (Wildman–Crippen MR) is 91.7 cm³/mol. The van der Waals surface area contributed by atoms with Crippen molar-refractivity contribution in [1.29, 1.82) is 0 Å². The molecule has 1 heterocycles. The number of amides is 1. The molecule has 0 radical (unpaired) electrons. The number of carbonyl (C=O) groups is 1. The third-order valence-corrected chi connectivity index (χ3v) is 3.49. The zero-order valence-corrected chi connectivity index (χ0v) is 13.7. The second kappa shape index (κ2) is 7.43. The fourth-order valence-electron chi connectivity index (χ4n) is 2.21. The number of hydrogen-bond acceptors (Lipinski definition) is 7. The van der Waals surface area contributed by atoms with Gasteiger partial charge in [0.25, 0.3) is 5.91 Å². The van der Waals surface area contributed by atoms with Gasteiger partial charge >= 0.3 is 5.69 Å². The molecule has 132 valence electrons. The molecular weight excluding hydrogens is 340 g/mol. The van der Waals surface area contributed by atoms with Crippen molar-refractivity contribution < 1.29 is 19.1 Å². The molecule has 0 unspecified atom stereocenters. The minimum Gasteiger partial charge on any atom is -0.477 e. The maximum Gasteiger partial charge on any atom is 0.310 e. The van der Waals surface area contributed by atoms with Crippen molar-refractivity contribution in [3.8, 4) is 17.0 Å². The number of benzene rings is 2. The lowest BCUT2D eigenvalue weighted by Gasteiger charge is -2.06. The average Bonchev–Trinajstić information content (AvgIpc) is 3.09. The number of rotatable bonds is 6. The molecule has 9 nitrogen and oxygen atoms in total. The van der Waals surface area contributed by atoms with Crippen LogP contribution in [0.3, 0.4) is 0 Å². The molecule has 0 aliphatic heterocycles. The lowest BCUT2D eigenvalue weighted by molar-refractivity contribution is -0.385. The van der Waals surface area contributed by atoms with Crippen LogP contribution in [0.2, 0.25) is 0 Å². The number of anilines is 1. The number of carbonyl (C=O) groups excluding carboxylic acids is 1. The first-order valence-corrected chi connectivity index (χ1v) is 7.60. The summed E-state index contributed by atoms with van der Waals surface area (Å²) in [5.41, 5.74) is 1.97. The van der Waals surface area contributed by atoms with Gasteiger partial charge in [-0.3, -0.25) is 14.9 Å². The number of aromatic nitrogens is 2. The van der Waals surface area contributed by atoms with Gasteiger partial charge in [0.2, 0.25) is 5.82 Å². The molecule has 0 saturated carbocycles. The molecule has 0 saturated heterocycles. The molecule has 0 fully saturated rings. The Kier molecular flexibility index (Phi) is 4.88. The highest BCUT2D eigenvalue weighted by Gasteiger charge is 2.18. The fraction of sp³-hybridized carbons (Fsp3) is 0.118. The summed E-state index contributed by atoms with van der Waals surface area (Å²) in [5, 5.41) is 20.9. The normalized spacial score (nSPS) is 10.3. The number of para-hydroxylation sites is 2. The molecule has 0 aliphatic carbocycles. The number of nitro groups is 1. The number of aryl methyl sites for hydroxylation is 1. The van der Waals surface area contributed by atoms with E-state index in [1.54, 1.807) is 6.07 Å². The van der Waals surface area contributed by atoms with Crippen LogP contribution in [-0.2, 0) is 4.79 Å². The molecule has 9 heteroatoms. The van der Waals surface area contributed by atoms with Gasteiger partial charge in [-0.2, -0.15) is 0 Å². The first-order chi connectivity index (χ1) is 12.5. The van der Waals surface area contributed by atoms with Gasteiger partial charge in [-0.15, -0.1) is 0 Å². The van der Waals surface area contributed by atoms with Crippen LogP contribution < -0.4 is 10.1 Å². The Hall–Kier alpha value is -3.75. The smallest absolute Gasteiger partial charge is 0.310 e. The fourth-order valence-corrected chi connectivity index (χ4v) is 2.21. The van der Waals surface area contributed by atoms with Crippen LogP contribution in [0.4, 0.5) is 11.5 Å². The first-order valence-electron chi connectivity index (χ1n) is 7.60. The number of hydrogen-bond donors (Lipinski definition) is 1. The first kappa shape index (κ1) is 17.1. The Morgan fingerprint density at radius 1 is 1.19 bits per heavy atom. The van der Waals surface area contributed by atoms with E-state index in [0.717, 1.165) is 11.1 Å². The third kappa shape index (κ3) is 3.83. The van der Waals surface area contributed by atoms with E-state index in [1.165, 1.54) is 18.2 Å². The van der Waals surface area contributed by atoms with Crippen LogP contribution in [0.15, 0.2) is 53.2 Å². The van der Waals surface area contributed by atoms with E-state index >= 15 is 0 Å². The number of nitro benzene ring substituents is 1. The topological polar surface area (TPSA) is 120 Å². The summed E-state index contributed by atoms with van der Waals surface area (Å²) >= 11 is 0. The van der Waals surface area contributed by atoms with E-state index in [9.17, 15) is 14.9 Å². The Bertz CT molecular complexity index is 936. The molecule has 0 atom stereocenters. The van der Waals surface area contributed by atoms with Crippen molar-refractivity contribution in [1.82, 2.24) is 10.3 Å². The van der Waals surface area contributed by atoms with Crippen LogP contribution in [0.5, 0.6) is 5.75 Å². The molecule has 26 heavy (non-hydrogen) atoms. The summed E-state index contributed by atoms with van der Waals surface area (Å²) in [4.78, 5) is 22.5. The summed E-state index contributed by atoms with van der Waals surface area (Å²) in [5.74, 6) is -0.401. The minimum atomic E-state index is -0.579. The van der Waals surface area contributed by atoms with Crippen molar-refractivity contribution >= 4 is 17.4 Å². The van der Waals surface area contributed by atoms with Crippen molar-refractivity contribution in [3.05, 3.63) is 64.2 Å². The van der Waals surface area contributed by atoms with Gasteiger partial charge in [0.1, 0.15) is 0 Å². The molecule has 0 bridgehead atoms. The van der Waals surface area contributed by atoms with Gasteiger partial charge in [0.05, 0.1) is 4.92 Å². The van der Waals surface area contributed by atoms with Crippen LogP contribution in [0.1, 0.15) is 5.56 Å². The maximum absolute atomic E-state index is 12.1. The summed E-state index contributed by atoms with van der Waals surface area (Å²) in [7, 11) is 0. The number of nitrogens with one attached hydrogen (secondary N) is 1. The van der Waals surface area contributed by atoms with E-state index in [1.807, 2.05) is 31.2 Å². The van der Waals surface area contributed by atoms with Crippen molar-refractivity contribution in [2.24, 2.45) is 0 Å². The second-order valence-corrected chi connectivity index (χ2v) is 5.39. The maximum atomic E-state index is 12.1. The molecule has 1 aromatic heterocycles. The van der Waals surface area contributed by atoms with E-state index in [4.69, 9.17) is 9.37 Å². The lowest BCUT2D eigenvalue weighted by atomic mass is 10.1. The van der Waals surface area contributed by atoms with Crippen LogP contribution in [0, 0.1) is 17.0 Å². The van der Waals surface area contributed by atoms with Crippen molar-refractivity contribution in [3.63, 3.8) is 0 Å². The minimum absolute atomic E-state index is 0.00434. The average molecular weight is 354 g/mol. The SMILES string of the molecule is Cc1ccc(-c2nonc2NC(=O)COc2ccccc2[N+](=O)[O-])cc1. The van der Waals surface area contributed by atoms with Gasteiger partial charge in [-0.25, -0.2) is 4.63 Å². The van der Waals surface area contributed by atoms with E-state index in [0.29, 0.717) is 5.69 Å². The predicted octanol–water partition coefficient (Wildman–Crippen LogP) is 2.97. The molecule has 3 rings (SSSR count). The highest BCUT2D eigenvalue weighted by atomic mass is 16.6. The highest BCUT2D eigenvalue weighted by Crippen LogP contribution is 2.26. The largest absolute Gasteiger partial charge is 0.477 e. The van der Waals surface area contributed by atoms with Gasteiger partial charge in [-0.1, -0.05) is 42.0 Å². The molecule has 0 aliphatic rings. The number of nitrogens with zero attached hydrogens (tertiary/aromatic N) is 3. The van der Waals surface area contributed by atoms with Gasteiger partial charge < -0.3 is 10.1 Å². The molecule has 1 N–H and O–H groups in total. The Morgan fingerprint density at radius 3 is 2.65 bits per heavy atom. The van der Waals surface area contributed by atoms with Crippen molar-refractivity contribution in [2.45, 2.75) is 6.92 Å². The standard InChI is InChI=1S/C17H14N4O5/c1-11-6-8-12(9-7-11)16-17(20-26-19-16)18-15(22)10-25-14-5-3-2-4-13(14)21(23)24/h2-9H,10H2,1H3,(H,18,20,22). The Labute approximate surface area is 147 Å². The van der Waals surface area contributed by atoms with Gasteiger partial charge in [0, 0.05) is 11.6 Å². The third-order valence-electron chi connectivity index (χ3n) is 3.49. The summed E-state index contributed by atoms with van der Waals surface area (Å²) in [6.07, 6.45) is 0. The molecule has 2 aromatic carbocycles. The zero-order chi connectivity index (χ0) is 18.5. The lowest BCUT2D eigenvalue weighted by Crippen LogP contribution is -2.21. The monoisotopic (exact) mass is 354 g/mol. The summed E-state index contributed by atoms with van der Waals surface area (Å²) in [6.45, 7) is 1.53. The molecule has 3 aromatic rings. The summed E-state index contributed by atoms with van der Waals surface area (Å²) in [6, 6.07) is 13.3. The van der Waals surface area contributed by atoms with E-state index < -0.39 is 17.4 Å². The quantitative estimate of drug-likeness (QED) is 0.533. The number of ether oxygens (including phenoxy) is 1. The van der Waals surface area contributed by atoms with E-state index in [-0.39, 0.29) is 17.3 Å². The molecular formula is C17H14N4O5. The Balaban J connectivity index is 1.68. The zero-order valence-electron chi connectivity index (χ0n) is 13.7. The summed E-state index contributed by atoms with van der Waals surface area (Å²) < 4.78 is 9.94. The van der Waals surface area contributed by atoms with Gasteiger partial charge in [0.15, 0.2) is 18.1 Å². The highest BCUT2D eigenvalue weighted by molar-refractivity contribution is 5.94.